The van der Waals surface area contributed by atoms with Gasteiger partial charge in [0.15, 0.2) is 0 Å². The average Bonchev–Trinajstić information content (AvgIpc) is 3.59. The summed E-state index contributed by atoms with van der Waals surface area (Å²) in [6.45, 7) is 0.855. The number of carbonyl (C=O) groups excluding carboxylic acids is 1. The highest BCUT2D eigenvalue weighted by Gasteiger charge is 2.27. The van der Waals surface area contributed by atoms with Crippen LogP contribution in [0.25, 0.3) is 0 Å². The van der Waals surface area contributed by atoms with Crippen molar-refractivity contribution in [3.63, 3.8) is 0 Å². The SMILES string of the molecule is CSCCC(NS(=O)(=O)c1ccccc1F)C(=O)NCc1ccc(OCC2CC2)nc1. The molecule has 1 atom stereocenters. The van der Waals surface area contributed by atoms with Gasteiger partial charge in [0, 0.05) is 18.8 Å². The summed E-state index contributed by atoms with van der Waals surface area (Å²) in [5.41, 5.74) is 0.757. The highest BCUT2D eigenvalue weighted by molar-refractivity contribution is 7.98. The molecule has 31 heavy (non-hydrogen) atoms. The molecule has 1 heterocycles. The van der Waals surface area contributed by atoms with Crippen LogP contribution < -0.4 is 14.8 Å². The first kappa shape index (κ1) is 23.5. The molecule has 0 aliphatic heterocycles. The zero-order valence-corrected chi connectivity index (χ0v) is 18.8. The fourth-order valence-electron chi connectivity index (χ4n) is 2.79. The van der Waals surface area contributed by atoms with E-state index in [1.165, 1.54) is 42.8 Å². The molecule has 10 heteroatoms. The third-order valence-corrected chi connectivity index (χ3v) is 6.93. The maximum Gasteiger partial charge on any atom is 0.244 e. The van der Waals surface area contributed by atoms with E-state index in [2.05, 4.69) is 15.0 Å². The Morgan fingerprint density at radius 3 is 2.71 bits per heavy atom. The van der Waals surface area contributed by atoms with Crippen LogP contribution in [-0.2, 0) is 21.4 Å². The van der Waals surface area contributed by atoms with E-state index in [9.17, 15) is 17.6 Å². The fourth-order valence-corrected chi connectivity index (χ4v) is 4.57. The van der Waals surface area contributed by atoms with Gasteiger partial charge in [-0.3, -0.25) is 4.79 Å². The highest BCUT2D eigenvalue weighted by Crippen LogP contribution is 2.29. The van der Waals surface area contributed by atoms with Gasteiger partial charge in [0.2, 0.25) is 21.8 Å². The van der Waals surface area contributed by atoms with E-state index in [4.69, 9.17) is 4.74 Å². The van der Waals surface area contributed by atoms with Crippen LogP contribution in [0.4, 0.5) is 4.39 Å². The molecule has 7 nitrogen and oxygen atoms in total. The van der Waals surface area contributed by atoms with Crippen molar-refractivity contribution in [3.8, 4) is 5.88 Å². The Labute approximate surface area is 186 Å². The number of rotatable bonds is 12. The van der Waals surface area contributed by atoms with E-state index in [1.807, 2.05) is 6.26 Å². The van der Waals surface area contributed by atoms with Gasteiger partial charge in [0.25, 0.3) is 0 Å². The summed E-state index contributed by atoms with van der Waals surface area (Å²) in [6.07, 6.45) is 6.14. The van der Waals surface area contributed by atoms with Crippen LogP contribution in [0.2, 0.25) is 0 Å². The summed E-state index contributed by atoms with van der Waals surface area (Å²) >= 11 is 1.49. The predicted molar refractivity (Wildman–Crippen MR) is 118 cm³/mol. The summed E-state index contributed by atoms with van der Waals surface area (Å²) < 4.78 is 47.1. The number of pyridine rings is 1. The third kappa shape index (κ3) is 7.19. The van der Waals surface area contributed by atoms with Crippen LogP contribution >= 0.6 is 11.8 Å². The second kappa shape index (κ2) is 10.9. The number of carbonyl (C=O) groups is 1. The maximum absolute atomic E-state index is 14.0. The minimum absolute atomic E-state index is 0.186. The van der Waals surface area contributed by atoms with Crippen molar-refractivity contribution < 1.29 is 22.3 Å². The number of hydrogen-bond donors (Lipinski definition) is 2. The number of ether oxygens (including phenoxy) is 1. The monoisotopic (exact) mass is 467 g/mol. The molecular weight excluding hydrogens is 441 g/mol. The van der Waals surface area contributed by atoms with E-state index >= 15 is 0 Å². The zero-order chi connectivity index (χ0) is 22.3. The molecule has 0 bridgehead atoms. The van der Waals surface area contributed by atoms with Gasteiger partial charge >= 0.3 is 0 Å². The smallest absolute Gasteiger partial charge is 0.244 e. The molecule has 1 fully saturated rings. The number of nitrogens with zero attached hydrogens (tertiary/aromatic N) is 1. The number of benzene rings is 1. The number of aromatic nitrogens is 1. The second-order valence-electron chi connectivity index (χ2n) is 7.36. The molecule has 2 aromatic rings. The van der Waals surface area contributed by atoms with Gasteiger partial charge in [-0.25, -0.2) is 17.8 Å². The fraction of sp³-hybridized carbons (Fsp3) is 0.429. The predicted octanol–water partition coefficient (Wildman–Crippen LogP) is 2.73. The summed E-state index contributed by atoms with van der Waals surface area (Å²) in [4.78, 5) is 16.4. The Morgan fingerprint density at radius 1 is 1.29 bits per heavy atom. The molecule has 1 aromatic carbocycles. The molecule has 0 saturated heterocycles. The number of thioether (sulfide) groups is 1. The Bertz CT molecular complexity index is 982. The molecule has 1 amide bonds. The first-order valence-corrected chi connectivity index (χ1v) is 12.9. The molecule has 1 aliphatic rings. The van der Waals surface area contributed by atoms with Crippen molar-refractivity contribution in [1.29, 1.82) is 0 Å². The van der Waals surface area contributed by atoms with Crippen molar-refractivity contribution in [1.82, 2.24) is 15.0 Å². The van der Waals surface area contributed by atoms with Gasteiger partial charge < -0.3 is 10.1 Å². The van der Waals surface area contributed by atoms with Crippen molar-refractivity contribution in [3.05, 3.63) is 54.0 Å². The molecule has 1 aliphatic carbocycles. The van der Waals surface area contributed by atoms with Crippen LogP contribution in [0.1, 0.15) is 24.8 Å². The van der Waals surface area contributed by atoms with E-state index in [-0.39, 0.29) is 13.0 Å². The van der Waals surface area contributed by atoms with Crippen molar-refractivity contribution in [2.24, 2.45) is 5.92 Å². The molecule has 0 spiro atoms. The van der Waals surface area contributed by atoms with Gasteiger partial charge in [-0.15, -0.1) is 0 Å². The minimum atomic E-state index is -4.19. The van der Waals surface area contributed by atoms with Crippen molar-refractivity contribution in [2.45, 2.75) is 36.7 Å². The lowest BCUT2D eigenvalue weighted by molar-refractivity contribution is -0.122. The van der Waals surface area contributed by atoms with Gasteiger partial charge in [0.1, 0.15) is 16.8 Å². The van der Waals surface area contributed by atoms with Gasteiger partial charge in [-0.2, -0.15) is 16.5 Å². The molecule has 1 unspecified atom stereocenters. The minimum Gasteiger partial charge on any atom is -0.477 e. The number of hydrogen-bond acceptors (Lipinski definition) is 6. The van der Waals surface area contributed by atoms with Crippen molar-refractivity contribution >= 4 is 27.7 Å². The zero-order valence-electron chi connectivity index (χ0n) is 17.2. The molecule has 1 aromatic heterocycles. The lowest BCUT2D eigenvalue weighted by Crippen LogP contribution is -2.46. The van der Waals surface area contributed by atoms with Gasteiger partial charge in [-0.05, 0) is 54.9 Å². The van der Waals surface area contributed by atoms with Crippen LogP contribution in [-0.4, -0.2) is 44.0 Å². The first-order chi connectivity index (χ1) is 14.9. The largest absolute Gasteiger partial charge is 0.477 e. The van der Waals surface area contributed by atoms with Crippen LogP contribution in [0.3, 0.4) is 0 Å². The van der Waals surface area contributed by atoms with E-state index in [0.717, 1.165) is 11.6 Å². The average molecular weight is 468 g/mol. The normalized spacial score (nSPS) is 14.8. The highest BCUT2D eigenvalue weighted by atomic mass is 32.2. The van der Waals surface area contributed by atoms with Crippen LogP contribution in [0.5, 0.6) is 5.88 Å². The Balaban J connectivity index is 1.59. The molecular formula is C21H26FN3O4S2. The molecule has 1 saturated carbocycles. The summed E-state index contributed by atoms with van der Waals surface area (Å²) in [5.74, 6) is 0.383. The van der Waals surface area contributed by atoms with Gasteiger partial charge in [-0.1, -0.05) is 18.2 Å². The Hall–Kier alpha value is -2.17. The van der Waals surface area contributed by atoms with Gasteiger partial charge in [0.05, 0.1) is 6.61 Å². The molecule has 2 N–H and O–H groups in total. The standard InChI is InChI=1S/C21H26FN3O4S2/c1-30-11-10-18(25-31(27,28)19-5-3-2-4-17(19)22)21(26)24-13-16-8-9-20(23-12-16)29-14-15-6-7-15/h2-5,8-9,12,15,18,25H,6-7,10-11,13-14H2,1H3,(H,24,26). The Kier molecular flexibility index (Phi) is 8.28. The van der Waals surface area contributed by atoms with Crippen LogP contribution in [0, 0.1) is 11.7 Å². The molecule has 168 valence electrons. The third-order valence-electron chi connectivity index (χ3n) is 4.78. The van der Waals surface area contributed by atoms with E-state index < -0.39 is 32.7 Å². The molecule has 0 radical (unpaired) electrons. The van der Waals surface area contributed by atoms with Crippen LogP contribution in [0.15, 0.2) is 47.5 Å². The Morgan fingerprint density at radius 2 is 2.06 bits per heavy atom. The summed E-state index contributed by atoms with van der Waals surface area (Å²) in [5, 5.41) is 2.73. The number of nitrogens with one attached hydrogen (secondary N) is 2. The molecule has 3 rings (SSSR count). The number of halogens is 1. The topological polar surface area (TPSA) is 97.4 Å². The lowest BCUT2D eigenvalue weighted by atomic mass is 10.2. The second-order valence-corrected chi connectivity index (χ2v) is 10.0. The lowest BCUT2D eigenvalue weighted by Gasteiger charge is -2.18. The van der Waals surface area contributed by atoms with E-state index in [0.29, 0.717) is 24.2 Å². The van der Waals surface area contributed by atoms with Crippen molar-refractivity contribution in [2.75, 3.05) is 18.6 Å². The number of sulfonamides is 1. The maximum atomic E-state index is 14.0. The quantitative estimate of drug-likeness (QED) is 0.498. The van der Waals surface area contributed by atoms with E-state index in [1.54, 1.807) is 18.3 Å². The number of amides is 1. The summed E-state index contributed by atoms with van der Waals surface area (Å²) in [6, 6.07) is 7.59. The first-order valence-electron chi connectivity index (χ1n) is 10.0. The summed E-state index contributed by atoms with van der Waals surface area (Å²) in [7, 11) is -4.19.